The summed E-state index contributed by atoms with van der Waals surface area (Å²) in [5.41, 5.74) is 9.54. The molecule has 0 radical (unpaired) electrons. The summed E-state index contributed by atoms with van der Waals surface area (Å²) >= 11 is 5.96. The molecule has 0 bridgehead atoms. The summed E-state index contributed by atoms with van der Waals surface area (Å²) in [5.74, 6) is 1.28. The number of hydrogen-bond donors (Lipinski definition) is 1. The number of nitrogen functional groups attached to an aromatic ring is 1. The van der Waals surface area contributed by atoms with Crippen LogP contribution in [-0.2, 0) is 17.9 Å². The van der Waals surface area contributed by atoms with Crippen molar-refractivity contribution in [3.8, 4) is 5.75 Å². The highest BCUT2D eigenvalue weighted by molar-refractivity contribution is 6.30. The number of ether oxygens (including phenoxy) is 1. The van der Waals surface area contributed by atoms with Gasteiger partial charge < -0.3 is 15.3 Å². The molecule has 6 nitrogen and oxygen atoms in total. The van der Waals surface area contributed by atoms with Crippen molar-refractivity contribution in [3.05, 3.63) is 82.8 Å². The van der Waals surface area contributed by atoms with Gasteiger partial charge in [-0.25, -0.2) is 4.98 Å². The molecule has 1 atom stereocenters. The topological polar surface area (TPSA) is 82.6 Å². The van der Waals surface area contributed by atoms with Gasteiger partial charge >= 0.3 is 0 Å². The molecule has 0 saturated heterocycles. The van der Waals surface area contributed by atoms with Crippen molar-refractivity contribution in [1.82, 2.24) is 9.97 Å². The normalized spacial score (nSPS) is 15.8. The first kappa shape index (κ1) is 18.3. The second kappa shape index (κ2) is 8.27. The van der Waals surface area contributed by atoms with Crippen LogP contribution in [0.25, 0.3) is 0 Å². The van der Waals surface area contributed by atoms with E-state index in [2.05, 4.69) is 15.1 Å². The number of nitrogens with two attached hydrogens (primary N) is 1. The molecule has 1 aliphatic heterocycles. The molecule has 0 spiro atoms. The molecule has 0 aliphatic carbocycles. The Labute approximate surface area is 168 Å². The zero-order valence-corrected chi connectivity index (χ0v) is 15.8. The molecule has 1 unspecified atom stereocenters. The third-order valence-corrected chi connectivity index (χ3v) is 4.64. The highest BCUT2D eigenvalue weighted by Crippen LogP contribution is 2.28. The van der Waals surface area contributed by atoms with Crippen LogP contribution >= 0.6 is 11.6 Å². The summed E-state index contributed by atoms with van der Waals surface area (Å²) in [7, 11) is 0. The minimum absolute atomic E-state index is 0.101. The molecule has 2 N–H and O–H groups in total. The Morgan fingerprint density at radius 1 is 1.11 bits per heavy atom. The van der Waals surface area contributed by atoms with Gasteiger partial charge in [0, 0.05) is 35.8 Å². The number of hydrogen-bond acceptors (Lipinski definition) is 6. The number of benzene rings is 1. The number of aromatic nitrogens is 2. The Hall–Kier alpha value is -3.12. The lowest BCUT2D eigenvalue weighted by Crippen LogP contribution is -2.04. The molecular formula is C21H19ClN4O2. The molecule has 28 heavy (non-hydrogen) atoms. The molecule has 7 heteroatoms. The Morgan fingerprint density at radius 3 is 2.71 bits per heavy atom. The maximum atomic E-state index is 5.96. The molecule has 2 aromatic heterocycles. The Balaban J connectivity index is 1.30. The van der Waals surface area contributed by atoms with E-state index in [4.69, 9.17) is 26.9 Å². The average Bonchev–Trinajstić information content (AvgIpc) is 3.16. The number of pyridine rings is 2. The average molecular weight is 395 g/mol. The predicted octanol–water partition coefficient (Wildman–Crippen LogP) is 4.35. The molecular weight excluding hydrogens is 376 g/mol. The van der Waals surface area contributed by atoms with Gasteiger partial charge in [-0.2, -0.15) is 0 Å². The van der Waals surface area contributed by atoms with Crippen molar-refractivity contribution in [2.24, 2.45) is 5.16 Å². The molecule has 0 fully saturated rings. The van der Waals surface area contributed by atoms with Crippen molar-refractivity contribution in [2.45, 2.75) is 25.6 Å². The van der Waals surface area contributed by atoms with Gasteiger partial charge in [0.15, 0.2) is 6.10 Å². The highest BCUT2D eigenvalue weighted by atomic mass is 35.5. The molecule has 0 amide bonds. The van der Waals surface area contributed by atoms with E-state index in [1.54, 1.807) is 30.6 Å². The second-order valence-corrected chi connectivity index (χ2v) is 6.98. The van der Waals surface area contributed by atoms with Gasteiger partial charge in [0.2, 0.25) is 0 Å². The maximum Gasteiger partial charge on any atom is 0.159 e. The van der Waals surface area contributed by atoms with Gasteiger partial charge in [0.05, 0.1) is 11.4 Å². The summed E-state index contributed by atoms with van der Waals surface area (Å²) in [6.45, 7) is 0.373. The Bertz CT molecular complexity index is 974. The van der Waals surface area contributed by atoms with Crippen molar-refractivity contribution in [2.75, 3.05) is 5.73 Å². The second-order valence-electron chi connectivity index (χ2n) is 6.55. The molecule has 4 rings (SSSR count). The summed E-state index contributed by atoms with van der Waals surface area (Å²) in [4.78, 5) is 13.9. The molecule has 1 aliphatic rings. The molecule has 1 aromatic carbocycles. The van der Waals surface area contributed by atoms with E-state index < -0.39 is 0 Å². The first-order chi connectivity index (χ1) is 13.7. The largest absolute Gasteiger partial charge is 0.487 e. The van der Waals surface area contributed by atoms with Crippen LogP contribution in [0.15, 0.2) is 66.1 Å². The fraction of sp³-hybridized carbons (Fsp3) is 0.190. The van der Waals surface area contributed by atoms with Gasteiger partial charge in [-0.15, -0.1) is 0 Å². The van der Waals surface area contributed by atoms with Crippen LogP contribution in [0.1, 0.15) is 29.3 Å². The Morgan fingerprint density at radius 2 is 1.96 bits per heavy atom. The fourth-order valence-corrected chi connectivity index (χ4v) is 3.12. The van der Waals surface area contributed by atoms with E-state index in [0.29, 0.717) is 17.4 Å². The smallest absolute Gasteiger partial charge is 0.159 e. The lowest BCUT2D eigenvalue weighted by atomic mass is 10.0. The zero-order chi connectivity index (χ0) is 19.3. The number of halogens is 1. The van der Waals surface area contributed by atoms with Gasteiger partial charge in [-0.05, 0) is 35.9 Å². The van der Waals surface area contributed by atoms with E-state index in [1.165, 1.54) is 0 Å². The SMILES string of the molecule is Nc1ccc(C2CC(Cc3ccc(OCc4cc(Cl)ccn4)cc3)=NO2)cn1. The van der Waals surface area contributed by atoms with Crippen molar-refractivity contribution < 1.29 is 9.57 Å². The minimum Gasteiger partial charge on any atom is -0.487 e. The summed E-state index contributed by atoms with van der Waals surface area (Å²) in [5, 5.41) is 4.87. The summed E-state index contributed by atoms with van der Waals surface area (Å²) < 4.78 is 5.76. The van der Waals surface area contributed by atoms with Crippen molar-refractivity contribution in [1.29, 1.82) is 0 Å². The summed E-state index contributed by atoms with van der Waals surface area (Å²) in [6.07, 6.45) is 4.77. The first-order valence-corrected chi connectivity index (χ1v) is 9.29. The number of anilines is 1. The van der Waals surface area contributed by atoms with Crippen LogP contribution in [0.3, 0.4) is 0 Å². The number of oxime groups is 1. The lowest BCUT2D eigenvalue weighted by molar-refractivity contribution is 0.0855. The third-order valence-electron chi connectivity index (χ3n) is 4.41. The molecule has 142 valence electrons. The van der Waals surface area contributed by atoms with E-state index in [-0.39, 0.29) is 6.10 Å². The minimum atomic E-state index is -0.101. The molecule has 0 saturated carbocycles. The van der Waals surface area contributed by atoms with Crippen LogP contribution in [0.5, 0.6) is 5.75 Å². The zero-order valence-electron chi connectivity index (χ0n) is 15.1. The fourth-order valence-electron chi connectivity index (χ4n) is 2.94. The maximum absolute atomic E-state index is 5.96. The quantitative estimate of drug-likeness (QED) is 0.672. The monoisotopic (exact) mass is 394 g/mol. The van der Waals surface area contributed by atoms with Gasteiger partial charge in [-0.1, -0.05) is 35.0 Å². The first-order valence-electron chi connectivity index (χ1n) is 8.91. The number of rotatable bonds is 6. The van der Waals surface area contributed by atoms with E-state index in [1.807, 2.05) is 30.3 Å². The van der Waals surface area contributed by atoms with E-state index in [0.717, 1.165) is 41.1 Å². The lowest BCUT2D eigenvalue weighted by Gasteiger charge is -2.08. The Kier molecular flexibility index (Phi) is 5.39. The predicted molar refractivity (Wildman–Crippen MR) is 108 cm³/mol. The van der Waals surface area contributed by atoms with Crippen LogP contribution in [0, 0.1) is 0 Å². The van der Waals surface area contributed by atoms with Gasteiger partial charge in [0.1, 0.15) is 18.2 Å². The standard InChI is InChI=1S/C21H19ClN4O2/c22-16-7-8-24-18(10-16)13-27-19-4-1-14(2-5-19)9-17-11-20(28-26-17)15-3-6-21(23)25-12-15/h1-8,10,12,20H,9,11,13H2,(H2,23,25). The van der Waals surface area contributed by atoms with Crippen molar-refractivity contribution in [3.63, 3.8) is 0 Å². The van der Waals surface area contributed by atoms with Crippen LogP contribution in [-0.4, -0.2) is 15.7 Å². The van der Waals surface area contributed by atoms with Crippen LogP contribution < -0.4 is 10.5 Å². The van der Waals surface area contributed by atoms with Crippen LogP contribution in [0.4, 0.5) is 5.82 Å². The van der Waals surface area contributed by atoms with E-state index >= 15 is 0 Å². The number of nitrogens with zero attached hydrogens (tertiary/aromatic N) is 3. The van der Waals surface area contributed by atoms with Crippen molar-refractivity contribution >= 4 is 23.1 Å². The molecule has 3 heterocycles. The summed E-state index contributed by atoms with van der Waals surface area (Å²) in [6, 6.07) is 15.2. The molecule has 3 aromatic rings. The van der Waals surface area contributed by atoms with Gasteiger partial charge in [-0.3, -0.25) is 4.98 Å². The third kappa shape index (κ3) is 4.58. The van der Waals surface area contributed by atoms with Crippen LogP contribution in [0.2, 0.25) is 5.02 Å². The van der Waals surface area contributed by atoms with Gasteiger partial charge in [0.25, 0.3) is 0 Å². The van der Waals surface area contributed by atoms with E-state index in [9.17, 15) is 0 Å². The highest BCUT2D eigenvalue weighted by Gasteiger charge is 2.23.